The molecule has 1 aromatic carbocycles. The molecule has 0 spiro atoms. The van der Waals surface area contributed by atoms with Gasteiger partial charge in [-0.25, -0.2) is 4.68 Å². The fraction of sp³-hybridized carbons (Fsp3) is 0.500. The number of nitrogens with two attached hydrogens (primary N) is 1. The summed E-state index contributed by atoms with van der Waals surface area (Å²) in [5.41, 5.74) is 9.04. The second kappa shape index (κ2) is 7.00. The average molecular weight is 352 g/mol. The lowest BCUT2D eigenvalue weighted by Gasteiger charge is -2.25. The maximum absolute atomic E-state index is 11.6. The topological polar surface area (TPSA) is 73.4 Å². The Bertz CT molecular complexity index is 868. The molecule has 2 aliphatic rings. The van der Waals surface area contributed by atoms with Crippen LogP contribution in [0.3, 0.4) is 0 Å². The van der Waals surface area contributed by atoms with Gasteiger partial charge in [0.2, 0.25) is 5.91 Å². The minimum absolute atomic E-state index is 0.0817. The number of anilines is 1. The van der Waals surface area contributed by atoms with E-state index >= 15 is 0 Å². The SMILES string of the molecule is C#Cc1nn(C2CCCCO2)c2cc(N3CCCC3)c(CC(N)=O)cc12. The van der Waals surface area contributed by atoms with Gasteiger partial charge in [0.05, 0.1) is 11.9 Å². The third kappa shape index (κ3) is 3.04. The zero-order chi connectivity index (χ0) is 18.1. The molecule has 136 valence electrons. The summed E-state index contributed by atoms with van der Waals surface area (Å²) in [4.78, 5) is 13.9. The molecular weight excluding hydrogens is 328 g/mol. The Morgan fingerprint density at radius 1 is 1.31 bits per heavy atom. The van der Waals surface area contributed by atoms with Gasteiger partial charge in [0.15, 0.2) is 6.23 Å². The average Bonchev–Trinajstić information content (AvgIpc) is 3.29. The summed E-state index contributed by atoms with van der Waals surface area (Å²) in [5.74, 6) is 2.34. The molecule has 3 heterocycles. The summed E-state index contributed by atoms with van der Waals surface area (Å²) in [7, 11) is 0. The van der Waals surface area contributed by atoms with Crippen LogP contribution in [0.1, 0.15) is 49.6 Å². The van der Waals surface area contributed by atoms with E-state index in [0.717, 1.165) is 74.0 Å². The third-order valence-corrected chi connectivity index (χ3v) is 5.28. The van der Waals surface area contributed by atoms with Crippen molar-refractivity contribution in [3.63, 3.8) is 0 Å². The normalized spacial score (nSPS) is 20.4. The number of rotatable bonds is 4. The quantitative estimate of drug-likeness (QED) is 0.857. The number of nitrogens with zero attached hydrogens (tertiary/aromatic N) is 3. The Labute approximate surface area is 153 Å². The number of terminal acetylenes is 1. The monoisotopic (exact) mass is 352 g/mol. The standard InChI is InChI=1S/C20H24N4O2/c1-2-16-15-11-14(12-19(21)25)17(23-8-4-5-9-23)13-18(15)24(22-16)20-7-3-6-10-26-20/h1,11,13,20H,3-10,12H2,(H2,21,25). The Morgan fingerprint density at radius 3 is 2.77 bits per heavy atom. The largest absolute Gasteiger partial charge is 0.371 e. The lowest BCUT2D eigenvalue weighted by molar-refractivity contribution is -0.117. The van der Waals surface area contributed by atoms with Crippen LogP contribution in [-0.2, 0) is 16.0 Å². The first kappa shape index (κ1) is 16.9. The van der Waals surface area contributed by atoms with Gasteiger partial charge in [-0.1, -0.05) is 0 Å². The van der Waals surface area contributed by atoms with Crippen LogP contribution >= 0.6 is 0 Å². The molecule has 6 nitrogen and oxygen atoms in total. The first-order valence-corrected chi connectivity index (χ1v) is 9.34. The van der Waals surface area contributed by atoms with Gasteiger partial charge in [-0.2, -0.15) is 5.10 Å². The van der Waals surface area contributed by atoms with Crippen LogP contribution in [-0.4, -0.2) is 35.4 Å². The van der Waals surface area contributed by atoms with Crippen molar-refractivity contribution in [1.29, 1.82) is 0 Å². The van der Waals surface area contributed by atoms with E-state index < -0.39 is 0 Å². The Balaban J connectivity index is 1.87. The van der Waals surface area contributed by atoms with Crippen LogP contribution in [0.4, 0.5) is 5.69 Å². The number of aromatic nitrogens is 2. The van der Waals surface area contributed by atoms with Gasteiger partial charge in [-0.05, 0) is 55.7 Å². The summed E-state index contributed by atoms with van der Waals surface area (Å²) >= 11 is 0. The van der Waals surface area contributed by atoms with Crippen molar-refractivity contribution in [2.24, 2.45) is 5.73 Å². The number of hydrogen-bond donors (Lipinski definition) is 1. The molecule has 2 fully saturated rings. The van der Waals surface area contributed by atoms with Gasteiger partial charge in [0.1, 0.15) is 5.69 Å². The predicted molar refractivity (Wildman–Crippen MR) is 101 cm³/mol. The van der Waals surface area contributed by atoms with Crippen molar-refractivity contribution in [3.05, 3.63) is 23.4 Å². The first-order valence-electron chi connectivity index (χ1n) is 9.34. The van der Waals surface area contributed by atoms with E-state index in [1.54, 1.807) is 0 Å². The summed E-state index contributed by atoms with van der Waals surface area (Å²) < 4.78 is 7.86. The number of hydrogen-bond acceptors (Lipinski definition) is 4. The van der Waals surface area contributed by atoms with E-state index in [0.29, 0.717) is 5.69 Å². The smallest absolute Gasteiger partial charge is 0.221 e. The zero-order valence-corrected chi connectivity index (χ0v) is 14.9. The van der Waals surface area contributed by atoms with Crippen LogP contribution in [0.25, 0.3) is 10.9 Å². The number of benzene rings is 1. The number of fused-ring (bicyclic) bond motifs is 1. The first-order chi connectivity index (χ1) is 12.7. The second-order valence-electron chi connectivity index (χ2n) is 7.09. The van der Waals surface area contributed by atoms with Gasteiger partial charge < -0.3 is 15.4 Å². The molecule has 4 rings (SSSR count). The van der Waals surface area contributed by atoms with Gasteiger partial charge >= 0.3 is 0 Å². The predicted octanol–water partition coefficient (Wildman–Crippen LogP) is 2.34. The summed E-state index contributed by atoms with van der Waals surface area (Å²) in [6.07, 6.45) is 11.3. The van der Waals surface area contributed by atoms with E-state index in [-0.39, 0.29) is 18.6 Å². The molecular formula is C20H24N4O2. The van der Waals surface area contributed by atoms with E-state index in [9.17, 15) is 4.79 Å². The van der Waals surface area contributed by atoms with Gasteiger partial charge in [0, 0.05) is 30.8 Å². The Kier molecular flexibility index (Phi) is 4.56. The van der Waals surface area contributed by atoms with E-state index in [1.807, 2.05) is 10.7 Å². The Hall–Kier alpha value is -2.52. The molecule has 1 unspecified atom stereocenters. The van der Waals surface area contributed by atoms with Crippen LogP contribution in [0.2, 0.25) is 0 Å². The molecule has 6 heteroatoms. The summed E-state index contributed by atoms with van der Waals surface area (Å²) in [6, 6.07) is 4.11. The summed E-state index contributed by atoms with van der Waals surface area (Å²) in [5, 5.41) is 5.53. The minimum atomic E-state index is -0.338. The molecule has 0 radical (unpaired) electrons. The fourth-order valence-corrected chi connectivity index (χ4v) is 4.04. The molecule has 2 N–H and O–H groups in total. The molecule has 1 aromatic heterocycles. The minimum Gasteiger partial charge on any atom is -0.371 e. The van der Waals surface area contributed by atoms with Crippen molar-refractivity contribution < 1.29 is 9.53 Å². The van der Waals surface area contributed by atoms with Crippen molar-refractivity contribution in [3.8, 4) is 12.3 Å². The Morgan fingerprint density at radius 2 is 2.12 bits per heavy atom. The molecule has 1 atom stereocenters. The second-order valence-corrected chi connectivity index (χ2v) is 7.09. The number of carbonyl (C=O) groups is 1. The number of ether oxygens (including phenoxy) is 1. The molecule has 0 aliphatic carbocycles. The van der Waals surface area contributed by atoms with Gasteiger partial charge in [-0.15, -0.1) is 6.42 Å². The summed E-state index contributed by atoms with van der Waals surface area (Å²) in [6.45, 7) is 2.73. The lowest BCUT2D eigenvalue weighted by Crippen LogP contribution is -2.22. The van der Waals surface area contributed by atoms with Crippen LogP contribution < -0.4 is 10.6 Å². The van der Waals surface area contributed by atoms with Crippen LogP contribution in [0, 0.1) is 12.3 Å². The van der Waals surface area contributed by atoms with Crippen molar-refractivity contribution in [2.75, 3.05) is 24.6 Å². The molecule has 1 amide bonds. The maximum Gasteiger partial charge on any atom is 0.221 e. The van der Waals surface area contributed by atoms with Crippen molar-refractivity contribution in [2.45, 2.75) is 44.8 Å². The van der Waals surface area contributed by atoms with Crippen LogP contribution in [0.5, 0.6) is 0 Å². The van der Waals surface area contributed by atoms with Crippen molar-refractivity contribution >= 4 is 22.5 Å². The highest BCUT2D eigenvalue weighted by Gasteiger charge is 2.24. The maximum atomic E-state index is 11.6. The number of carbonyl (C=O) groups excluding carboxylic acids is 1. The molecule has 2 aromatic rings. The van der Waals surface area contributed by atoms with E-state index in [4.69, 9.17) is 16.9 Å². The zero-order valence-electron chi connectivity index (χ0n) is 14.9. The van der Waals surface area contributed by atoms with Gasteiger partial charge in [0.25, 0.3) is 0 Å². The molecule has 2 aliphatic heterocycles. The molecule has 2 saturated heterocycles. The lowest BCUT2D eigenvalue weighted by atomic mass is 10.0. The van der Waals surface area contributed by atoms with E-state index in [1.165, 1.54) is 0 Å². The number of primary amides is 1. The number of amides is 1. The highest BCUT2D eigenvalue weighted by Crippen LogP contribution is 2.34. The highest BCUT2D eigenvalue weighted by atomic mass is 16.5. The molecule has 26 heavy (non-hydrogen) atoms. The molecule has 0 bridgehead atoms. The highest BCUT2D eigenvalue weighted by molar-refractivity contribution is 5.91. The van der Waals surface area contributed by atoms with Gasteiger partial charge in [-0.3, -0.25) is 4.79 Å². The van der Waals surface area contributed by atoms with E-state index in [2.05, 4.69) is 22.0 Å². The van der Waals surface area contributed by atoms with Crippen molar-refractivity contribution in [1.82, 2.24) is 9.78 Å². The third-order valence-electron chi connectivity index (χ3n) is 5.28. The molecule has 0 saturated carbocycles. The van der Waals surface area contributed by atoms with Crippen LogP contribution in [0.15, 0.2) is 12.1 Å². The fourth-order valence-electron chi connectivity index (χ4n) is 4.04.